The highest BCUT2D eigenvalue weighted by Crippen LogP contribution is 2.65. The van der Waals surface area contributed by atoms with E-state index in [2.05, 4.69) is 45.2 Å². The molecule has 19 heavy (non-hydrogen) atoms. The Morgan fingerprint density at radius 2 is 1.58 bits per heavy atom. The molecule has 4 fully saturated rings. The molecule has 0 N–H and O–H groups in total. The smallest absolute Gasteiger partial charge is 0.0281 e. The topological polar surface area (TPSA) is 0 Å². The number of alkyl halides is 2. The van der Waals surface area contributed by atoms with E-state index in [1.165, 1.54) is 32.1 Å². The predicted molar refractivity (Wildman–Crippen MR) is 98.2 cm³/mol. The van der Waals surface area contributed by atoms with Crippen LogP contribution in [0.5, 0.6) is 0 Å². The number of hydrogen-bond donors (Lipinski definition) is 0. The summed E-state index contributed by atoms with van der Waals surface area (Å²) in [4.78, 5) is 0. The Bertz CT molecular complexity index is 368. The van der Waals surface area contributed by atoms with Gasteiger partial charge in [0.2, 0.25) is 0 Å². The molecule has 0 radical (unpaired) electrons. The van der Waals surface area contributed by atoms with Gasteiger partial charge in [-0.25, -0.2) is 0 Å². The van der Waals surface area contributed by atoms with Crippen molar-refractivity contribution in [2.24, 2.45) is 23.7 Å². The Morgan fingerprint density at radius 1 is 0.684 bits per heavy atom. The Hall–Kier alpha value is 1.46. The Kier molecular flexibility index (Phi) is 3.70. The van der Waals surface area contributed by atoms with E-state index >= 15 is 0 Å². The van der Waals surface area contributed by atoms with Crippen molar-refractivity contribution < 1.29 is 0 Å². The second-order valence-corrected chi connectivity index (χ2v) is 11.9. The van der Waals surface area contributed by atoms with Crippen LogP contribution in [0.3, 0.4) is 0 Å². The number of halogens is 2. The Morgan fingerprint density at radius 3 is 2.47 bits per heavy atom. The van der Waals surface area contributed by atoms with Gasteiger partial charge in [0, 0.05) is 6.84 Å². The second-order valence-electron chi connectivity index (χ2n) is 7.79. The monoisotopic (exact) mass is 484 g/mol. The minimum atomic E-state index is 0.708. The molecule has 4 aliphatic carbocycles. The molecule has 0 heterocycles. The van der Waals surface area contributed by atoms with Crippen molar-refractivity contribution in [1.82, 2.24) is 0 Å². The normalized spacial score (nSPS) is 57.2. The van der Waals surface area contributed by atoms with Gasteiger partial charge in [-0.2, -0.15) is 0 Å². The molecular formula is C17H26I2. The molecule has 0 saturated heterocycles. The summed E-state index contributed by atoms with van der Waals surface area (Å²) in [7, 11) is 0. The molecule has 0 aromatic carbocycles. The van der Waals surface area contributed by atoms with Crippen molar-refractivity contribution in [1.29, 1.82) is 0 Å². The maximum absolute atomic E-state index is 2.96. The van der Waals surface area contributed by atoms with Crippen LogP contribution in [0.1, 0.15) is 70.6 Å². The molecule has 4 rings (SSSR count). The first-order valence-corrected chi connectivity index (χ1v) is 10.7. The fourth-order valence-electron chi connectivity index (χ4n) is 6.35. The summed E-state index contributed by atoms with van der Waals surface area (Å²) in [5, 5.41) is 0. The summed E-state index contributed by atoms with van der Waals surface area (Å²) in [5.74, 6) is 4.34. The highest BCUT2D eigenvalue weighted by molar-refractivity contribution is 14.1. The third-order valence-electron chi connectivity index (χ3n) is 7.18. The lowest BCUT2D eigenvalue weighted by molar-refractivity contribution is 0.0216. The summed E-state index contributed by atoms with van der Waals surface area (Å²) in [6.45, 7) is 0. The lowest BCUT2D eigenvalue weighted by atomic mass is 9.54. The maximum Gasteiger partial charge on any atom is 0.0281 e. The van der Waals surface area contributed by atoms with E-state index in [9.17, 15) is 0 Å². The van der Waals surface area contributed by atoms with E-state index in [1.54, 1.807) is 38.5 Å². The molecule has 0 amide bonds. The molecule has 0 spiro atoms. The molecule has 0 bridgehead atoms. The fourth-order valence-corrected chi connectivity index (χ4v) is 9.60. The lowest BCUT2D eigenvalue weighted by Crippen LogP contribution is -2.55. The summed E-state index contributed by atoms with van der Waals surface area (Å²) in [6.07, 6.45) is 17.0. The van der Waals surface area contributed by atoms with Gasteiger partial charge in [0.05, 0.1) is 0 Å². The van der Waals surface area contributed by atoms with Crippen molar-refractivity contribution >= 4 is 45.2 Å². The van der Waals surface area contributed by atoms with E-state index in [1.807, 2.05) is 0 Å². The lowest BCUT2D eigenvalue weighted by Gasteiger charge is -2.58. The van der Waals surface area contributed by atoms with Crippen molar-refractivity contribution in [2.75, 3.05) is 0 Å². The minimum absolute atomic E-state index is 0.708. The first-order valence-electron chi connectivity index (χ1n) is 8.51. The maximum atomic E-state index is 2.96. The van der Waals surface area contributed by atoms with E-state index in [4.69, 9.17) is 0 Å². The van der Waals surface area contributed by atoms with Crippen molar-refractivity contribution in [3.63, 3.8) is 0 Å². The highest BCUT2D eigenvalue weighted by Gasteiger charge is 2.58. The van der Waals surface area contributed by atoms with Crippen molar-refractivity contribution in [2.45, 2.75) is 77.5 Å². The van der Waals surface area contributed by atoms with E-state index in [0.717, 1.165) is 23.7 Å². The van der Waals surface area contributed by atoms with Gasteiger partial charge >= 0.3 is 0 Å². The van der Waals surface area contributed by atoms with Crippen LogP contribution in [0, 0.1) is 23.7 Å². The van der Waals surface area contributed by atoms with Crippen molar-refractivity contribution in [3.05, 3.63) is 0 Å². The zero-order chi connectivity index (χ0) is 13.1. The second kappa shape index (κ2) is 4.99. The zero-order valence-corrected chi connectivity index (χ0v) is 16.2. The Labute approximate surface area is 145 Å². The summed E-state index contributed by atoms with van der Waals surface area (Å²) < 4.78 is 1.42. The average Bonchev–Trinajstić information content (AvgIpc) is 2.79. The molecule has 6 unspecified atom stereocenters. The van der Waals surface area contributed by atoms with Gasteiger partial charge in [0.25, 0.3) is 0 Å². The van der Waals surface area contributed by atoms with Crippen LogP contribution >= 0.6 is 45.2 Å². The summed E-state index contributed by atoms with van der Waals surface area (Å²) >= 11 is 5.84. The van der Waals surface area contributed by atoms with E-state index in [-0.39, 0.29) is 0 Å². The highest BCUT2D eigenvalue weighted by atomic mass is 127. The first-order chi connectivity index (χ1) is 9.13. The molecule has 2 heteroatoms. The molecule has 4 saturated carbocycles. The molecule has 0 aromatic rings. The standard InChI is InChI=1S/C17H26I2/c18-16-9-3-5-14(16)13-7-6-12-4-1-2-10-17(12,19)15(13)8-11-16/h12-15H,1-11H2. The van der Waals surface area contributed by atoms with Gasteiger partial charge in [-0.15, -0.1) is 0 Å². The fraction of sp³-hybridized carbons (Fsp3) is 1.00. The first kappa shape index (κ1) is 14.1. The molecule has 6 atom stereocenters. The number of fused-ring (bicyclic) bond motifs is 5. The van der Waals surface area contributed by atoms with Gasteiger partial charge in [0.1, 0.15) is 0 Å². The van der Waals surface area contributed by atoms with Gasteiger partial charge in [-0.05, 0) is 75.0 Å². The predicted octanol–water partition coefficient (Wildman–Crippen LogP) is 6.14. The molecule has 0 nitrogen and oxygen atoms in total. The molecular weight excluding hydrogens is 458 g/mol. The van der Waals surface area contributed by atoms with Crippen LogP contribution in [-0.2, 0) is 0 Å². The third kappa shape index (κ3) is 2.08. The van der Waals surface area contributed by atoms with Crippen LogP contribution in [0.2, 0.25) is 0 Å². The van der Waals surface area contributed by atoms with Crippen molar-refractivity contribution in [3.8, 4) is 0 Å². The van der Waals surface area contributed by atoms with Gasteiger partial charge in [-0.1, -0.05) is 64.4 Å². The van der Waals surface area contributed by atoms with Crippen LogP contribution in [0.15, 0.2) is 0 Å². The molecule has 4 aliphatic rings. The van der Waals surface area contributed by atoms with Crippen LogP contribution in [0.25, 0.3) is 0 Å². The number of rotatable bonds is 0. The van der Waals surface area contributed by atoms with E-state index in [0.29, 0.717) is 6.84 Å². The number of hydrogen-bond acceptors (Lipinski definition) is 0. The summed E-state index contributed by atoms with van der Waals surface area (Å²) in [5.41, 5.74) is 0. The van der Waals surface area contributed by atoms with E-state index < -0.39 is 0 Å². The van der Waals surface area contributed by atoms with Crippen LogP contribution in [0.4, 0.5) is 0 Å². The minimum Gasteiger partial charge on any atom is -0.0786 e. The molecule has 0 aromatic heterocycles. The zero-order valence-electron chi connectivity index (χ0n) is 11.8. The quantitative estimate of drug-likeness (QED) is 0.286. The van der Waals surface area contributed by atoms with Crippen LogP contribution < -0.4 is 0 Å². The van der Waals surface area contributed by atoms with Gasteiger partial charge in [-0.3, -0.25) is 0 Å². The van der Waals surface area contributed by atoms with Gasteiger partial charge in [0.15, 0.2) is 0 Å². The average molecular weight is 484 g/mol. The summed E-state index contributed by atoms with van der Waals surface area (Å²) in [6, 6.07) is 0. The molecule has 108 valence electrons. The molecule has 0 aliphatic heterocycles. The SMILES string of the molecule is IC12CCCC1C1CCC3CCCCC3(I)C1CC2. The van der Waals surface area contributed by atoms with Crippen LogP contribution in [-0.4, -0.2) is 6.84 Å². The third-order valence-corrected chi connectivity index (χ3v) is 11.3. The largest absolute Gasteiger partial charge is 0.0786 e. The van der Waals surface area contributed by atoms with Gasteiger partial charge < -0.3 is 0 Å². The Balaban J connectivity index is 1.64.